The van der Waals surface area contributed by atoms with Crippen LogP contribution >= 0.6 is 23.2 Å². The lowest BCUT2D eigenvalue weighted by Crippen LogP contribution is -2.45. The summed E-state index contributed by atoms with van der Waals surface area (Å²) in [5.41, 5.74) is 2.25. The van der Waals surface area contributed by atoms with Gasteiger partial charge in [-0.3, -0.25) is 14.6 Å². The number of amides is 2. The second-order valence-electron chi connectivity index (χ2n) is 9.35. The molecular weight excluding hydrogens is 543 g/mol. The number of fused-ring (bicyclic) bond motifs is 1. The van der Waals surface area contributed by atoms with E-state index in [2.05, 4.69) is 9.88 Å². The van der Waals surface area contributed by atoms with Gasteiger partial charge in [-0.15, -0.1) is 0 Å². The van der Waals surface area contributed by atoms with Crippen LogP contribution in [0.15, 0.2) is 54.9 Å². The number of nitrogens with zero attached hydrogens (tertiary/aromatic N) is 4. The third kappa shape index (κ3) is 5.67. The molecule has 2 amide bonds. The zero-order chi connectivity index (χ0) is 27.5. The second-order valence-corrected chi connectivity index (χ2v) is 10.2. The minimum Gasteiger partial charge on any atom is -0.455 e. The van der Waals surface area contributed by atoms with E-state index in [1.54, 1.807) is 11.0 Å². The normalized spacial score (nSPS) is 14.7. The molecule has 2 N–H and O–H groups in total. The molecule has 2 heterocycles. The van der Waals surface area contributed by atoms with Crippen LogP contribution in [0.5, 0.6) is 11.5 Å². The van der Waals surface area contributed by atoms with E-state index in [0.717, 1.165) is 30.8 Å². The number of benzene rings is 2. The van der Waals surface area contributed by atoms with Gasteiger partial charge in [-0.2, -0.15) is 0 Å². The number of aromatic nitrogens is 1. The van der Waals surface area contributed by atoms with Gasteiger partial charge in [-0.05, 0) is 37.1 Å². The first-order valence-electron chi connectivity index (χ1n) is 12.7. The predicted molar refractivity (Wildman–Crippen MR) is 149 cm³/mol. The maximum atomic E-state index is 13.8. The quantitative estimate of drug-likeness (QED) is 0.396. The zero-order valence-electron chi connectivity index (χ0n) is 21.1. The van der Waals surface area contributed by atoms with Crippen molar-refractivity contribution >= 4 is 46.4 Å². The van der Waals surface area contributed by atoms with Crippen LogP contribution in [0.2, 0.25) is 10.0 Å². The molecule has 11 heteroatoms. The Bertz CT molecular complexity index is 1380. The number of rotatable bonds is 9. The molecular formula is C28H28Cl2N4O5. The first kappa shape index (κ1) is 27.2. The van der Waals surface area contributed by atoms with Crippen molar-refractivity contribution in [3.63, 3.8) is 0 Å². The number of carbonyl (C=O) groups excluding carboxylic acids is 2. The minimum absolute atomic E-state index is 0.0339. The molecule has 5 rings (SSSR count). The maximum absolute atomic E-state index is 13.8. The van der Waals surface area contributed by atoms with Gasteiger partial charge in [0.25, 0.3) is 11.8 Å². The number of ether oxygens (including phenoxy) is 1. The van der Waals surface area contributed by atoms with Crippen molar-refractivity contribution in [1.82, 2.24) is 9.88 Å². The number of aliphatic hydroxyl groups excluding tert-OH is 2. The smallest absolute Gasteiger partial charge is 0.263 e. The highest BCUT2D eigenvalue weighted by Crippen LogP contribution is 2.41. The molecule has 39 heavy (non-hydrogen) atoms. The lowest BCUT2D eigenvalue weighted by Gasteiger charge is -2.38. The first-order chi connectivity index (χ1) is 18.9. The number of anilines is 2. The van der Waals surface area contributed by atoms with Gasteiger partial charge in [-0.1, -0.05) is 35.3 Å². The zero-order valence-corrected chi connectivity index (χ0v) is 22.6. The SMILES string of the molecule is O=C(c1cc(Cl)c(Oc2ccncc2C(=O)N2CCN(C3CC3)c3ccccc32)cc1Cl)N(CCO)CCO. The van der Waals surface area contributed by atoms with E-state index in [0.29, 0.717) is 12.6 Å². The third-order valence-electron chi connectivity index (χ3n) is 6.79. The highest BCUT2D eigenvalue weighted by molar-refractivity contribution is 6.36. The fourth-order valence-corrected chi connectivity index (χ4v) is 5.19. The summed E-state index contributed by atoms with van der Waals surface area (Å²) in [6.07, 6.45) is 5.30. The van der Waals surface area contributed by atoms with Gasteiger partial charge < -0.3 is 29.6 Å². The van der Waals surface area contributed by atoms with E-state index in [9.17, 15) is 19.8 Å². The van der Waals surface area contributed by atoms with Crippen LogP contribution in [0, 0.1) is 0 Å². The molecule has 0 atom stereocenters. The average Bonchev–Trinajstić information content (AvgIpc) is 3.79. The van der Waals surface area contributed by atoms with E-state index in [-0.39, 0.29) is 64.9 Å². The number of carbonyl (C=O) groups is 2. The van der Waals surface area contributed by atoms with E-state index in [1.165, 1.54) is 29.4 Å². The fraction of sp³-hybridized carbons (Fsp3) is 0.321. The molecule has 0 unspecified atom stereocenters. The molecule has 3 aromatic rings. The molecule has 9 nitrogen and oxygen atoms in total. The largest absolute Gasteiger partial charge is 0.455 e. The van der Waals surface area contributed by atoms with Gasteiger partial charge in [0.2, 0.25) is 0 Å². The maximum Gasteiger partial charge on any atom is 0.263 e. The van der Waals surface area contributed by atoms with E-state index >= 15 is 0 Å². The Kier molecular flexibility index (Phi) is 8.23. The molecule has 0 bridgehead atoms. The molecule has 1 aromatic heterocycles. The Morgan fingerprint density at radius 1 is 0.949 bits per heavy atom. The Morgan fingerprint density at radius 2 is 1.67 bits per heavy atom. The number of hydrogen-bond donors (Lipinski definition) is 2. The Labute approximate surface area is 236 Å². The van der Waals surface area contributed by atoms with Crippen molar-refractivity contribution in [2.45, 2.75) is 18.9 Å². The highest BCUT2D eigenvalue weighted by Gasteiger charge is 2.36. The van der Waals surface area contributed by atoms with Gasteiger partial charge in [0.1, 0.15) is 17.1 Å². The number of para-hydroxylation sites is 2. The molecule has 2 aromatic carbocycles. The van der Waals surface area contributed by atoms with Crippen LogP contribution in [0.4, 0.5) is 11.4 Å². The Balaban J connectivity index is 1.41. The topological polar surface area (TPSA) is 106 Å². The monoisotopic (exact) mass is 570 g/mol. The number of aliphatic hydroxyl groups is 2. The van der Waals surface area contributed by atoms with Crippen LogP contribution in [0.1, 0.15) is 33.6 Å². The summed E-state index contributed by atoms with van der Waals surface area (Å²) in [7, 11) is 0. The van der Waals surface area contributed by atoms with Crippen molar-refractivity contribution in [2.75, 3.05) is 49.2 Å². The van der Waals surface area contributed by atoms with Gasteiger partial charge in [0.15, 0.2) is 0 Å². The molecule has 204 valence electrons. The van der Waals surface area contributed by atoms with Crippen molar-refractivity contribution in [2.24, 2.45) is 0 Å². The van der Waals surface area contributed by atoms with E-state index < -0.39 is 5.91 Å². The molecule has 1 aliphatic carbocycles. The summed E-state index contributed by atoms with van der Waals surface area (Å²) in [5, 5.41) is 18.7. The first-order valence-corrected chi connectivity index (χ1v) is 13.5. The standard InChI is InChI=1S/C28H28Cl2N4O5/c29-21-16-26(22(30)15-19(21)27(37)32(11-13-35)12-14-36)39-25-7-8-31-17-20(25)28(38)34-10-9-33(18-5-6-18)23-3-1-2-4-24(23)34/h1-4,7-8,15-18,35-36H,5-6,9-14H2. The molecule has 1 fully saturated rings. The summed E-state index contributed by atoms with van der Waals surface area (Å²) < 4.78 is 6.06. The van der Waals surface area contributed by atoms with E-state index in [1.807, 2.05) is 24.3 Å². The number of pyridine rings is 1. The molecule has 0 radical (unpaired) electrons. The molecule has 2 aliphatic rings. The van der Waals surface area contributed by atoms with Crippen molar-refractivity contribution in [3.05, 3.63) is 76.0 Å². The van der Waals surface area contributed by atoms with Gasteiger partial charge >= 0.3 is 0 Å². The minimum atomic E-state index is -0.486. The second kappa shape index (κ2) is 11.8. The van der Waals surface area contributed by atoms with Crippen LogP contribution < -0.4 is 14.5 Å². The lowest BCUT2D eigenvalue weighted by atomic mass is 10.1. The third-order valence-corrected chi connectivity index (χ3v) is 7.40. The summed E-state index contributed by atoms with van der Waals surface area (Å²) in [6.45, 7) is 0.805. The lowest BCUT2D eigenvalue weighted by molar-refractivity contribution is 0.0685. The Morgan fingerprint density at radius 3 is 2.36 bits per heavy atom. The molecule has 1 aliphatic heterocycles. The number of hydrogen-bond acceptors (Lipinski definition) is 7. The average molecular weight is 571 g/mol. The van der Waals surface area contributed by atoms with Gasteiger partial charge in [-0.25, -0.2) is 0 Å². The summed E-state index contributed by atoms with van der Waals surface area (Å²) in [5.74, 6) is -0.330. The summed E-state index contributed by atoms with van der Waals surface area (Å²) >= 11 is 12.9. The molecule has 1 saturated carbocycles. The van der Waals surface area contributed by atoms with Crippen LogP contribution in [0.25, 0.3) is 0 Å². The van der Waals surface area contributed by atoms with Crippen molar-refractivity contribution in [3.8, 4) is 11.5 Å². The summed E-state index contributed by atoms with van der Waals surface area (Å²) in [6, 6.07) is 12.8. The highest BCUT2D eigenvalue weighted by atomic mass is 35.5. The van der Waals surface area contributed by atoms with Crippen LogP contribution in [-0.4, -0.2) is 77.3 Å². The molecule has 0 saturated heterocycles. The predicted octanol–water partition coefficient (Wildman–Crippen LogP) is 4.24. The van der Waals surface area contributed by atoms with Gasteiger partial charge in [0.05, 0.1) is 40.2 Å². The van der Waals surface area contributed by atoms with Crippen molar-refractivity contribution < 1.29 is 24.5 Å². The summed E-state index contributed by atoms with van der Waals surface area (Å²) in [4.78, 5) is 36.3. The number of halogens is 2. The van der Waals surface area contributed by atoms with Crippen molar-refractivity contribution in [1.29, 1.82) is 0 Å². The van der Waals surface area contributed by atoms with Crippen LogP contribution in [-0.2, 0) is 0 Å². The molecule has 0 spiro atoms. The Hall–Kier alpha value is -3.37. The van der Waals surface area contributed by atoms with E-state index in [4.69, 9.17) is 27.9 Å². The fourth-order valence-electron chi connectivity index (χ4n) is 4.75. The van der Waals surface area contributed by atoms with Gasteiger partial charge in [0, 0.05) is 50.7 Å². The van der Waals surface area contributed by atoms with Crippen LogP contribution in [0.3, 0.4) is 0 Å².